The quantitative estimate of drug-likeness (QED) is 0.797. The van der Waals surface area contributed by atoms with E-state index in [2.05, 4.69) is 9.97 Å². The number of nitrogens with zero attached hydrogens (tertiary/aromatic N) is 3. The number of aromatic nitrogens is 2. The molecule has 1 heterocycles. The van der Waals surface area contributed by atoms with E-state index in [1.54, 1.807) is 18.6 Å². The second kappa shape index (κ2) is 7.60. The number of nitriles is 1. The second-order valence-corrected chi connectivity index (χ2v) is 2.97. The van der Waals surface area contributed by atoms with Gasteiger partial charge in [0.2, 0.25) is 0 Å². The van der Waals surface area contributed by atoms with Gasteiger partial charge in [-0.25, -0.2) is 0 Å². The summed E-state index contributed by atoms with van der Waals surface area (Å²) >= 11 is 0. The van der Waals surface area contributed by atoms with Crippen molar-refractivity contribution >= 4 is 12.2 Å². The van der Waals surface area contributed by atoms with Crippen molar-refractivity contribution in [2.24, 2.45) is 0 Å². The molecule has 0 atom stereocenters. The molecule has 0 aliphatic rings. The van der Waals surface area contributed by atoms with Gasteiger partial charge in [0.25, 0.3) is 6.26 Å². The summed E-state index contributed by atoms with van der Waals surface area (Å²) in [6, 6.07) is 10.1. The van der Waals surface area contributed by atoms with Crippen molar-refractivity contribution in [1.82, 2.24) is 9.97 Å². The summed E-state index contributed by atoms with van der Waals surface area (Å²) in [5.74, 6) is 0. The maximum Gasteiger partial charge on any atom is 0.283 e. The third-order valence-corrected chi connectivity index (χ3v) is 1.83. The first-order valence-corrected chi connectivity index (χ1v) is 4.89. The van der Waals surface area contributed by atoms with Crippen molar-refractivity contribution in [3.8, 4) is 6.26 Å². The summed E-state index contributed by atoms with van der Waals surface area (Å²) in [7, 11) is 0. The van der Waals surface area contributed by atoms with Crippen LogP contribution in [0, 0.1) is 11.5 Å². The monoisotopic (exact) mass is 225 g/mol. The van der Waals surface area contributed by atoms with E-state index in [1.807, 2.05) is 42.5 Å². The minimum Gasteiger partial charge on any atom is -0.443 e. The molecule has 1 aromatic heterocycles. The summed E-state index contributed by atoms with van der Waals surface area (Å²) in [6.07, 6.45) is 9.80. The second-order valence-electron chi connectivity index (χ2n) is 2.97. The van der Waals surface area contributed by atoms with Gasteiger partial charge in [0.1, 0.15) is 0 Å². The highest BCUT2D eigenvalue weighted by atomic mass is 16.2. The summed E-state index contributed by atoms with van der Waals surface area (Å²) < 4.78 is 0. The molecule has 0 aliphatic heterocycles. The molecule has 0 saturated carbocycles. The molecule has 0 fully saturated rings. The Labute approximate surface area is 99.5 Å². The fraction of sp³-hybridized carbons (Fsp3) is 0. The molecule has 1 N–H and O–H groups in total. The van der Waals surface area contributed by atoms with Gasteiger partial charge in [0.15, 0.2) is 0 Å². The predicted octanol–water partition coefficient (Wildman–Crippen LogP) is 2.49. The van der Waals surface area contributed by atoms with Crippen molar-refractivity contribution in [2.75, 3.05) is 0 Å². The van der Waals surface area contributed by atoms with Crippen molar-refractivity contribution in [3.05, 3.63) is 60.2 Å². The average molecular weight is 225 g/mol. The maximum atomic E-state index is 6.88. The summed E-state index contributed by atoms with van der Waals surface area (Å²) in [6.45, 7) is 0. The first-order valence-electron chi connectivity index (χ1n) is 4.89. The van der Waals surface area contributed by atoms with Crippen LogP contribution < -0.4 is 0 Å². The fourth-order valence-electron chi connectivity index (χ4n) is 1.14. The summed E-state index contributed by atoms with van der Waals surface area (Å²) in [4.78, 5) is 8.13. The zero-order chi connectivity index (χ0) is 12.3. The number of rotatable bonds is 2. The van der Waals surface area contributed by atoms with E-state index in [0.717, 1.165) is 17.5 Å². The number of aliphatic hydroxyl groups is 1. The molecule has 1 aromatic carbocycles. The molecule has 4 nitrogen and oxygen atoms in total. The smallest absolute Gasteiger partial charge is 0.283 e. The molecule has 4 heteroatoms. The number of benzene rings is 1. The van der Waals surface area contributed by atoms with Crippen LogP contribution >= 0.6 is 0 Å². The van der Waals surface area contributed by atoms with Gasteiger partial charge in [-0.05, 0) is 11.6 Å². The molecule has 0 amide bonds. The third kappa shape index (κ3) is 5.09. The Morgan fingerprint density at radius 2 is 1.82 bits per heavy atom. The van der Waals surface area contributed by atoms with Crippen molar-refractivity contribution in [1.29, 1.82) is 5.26 Å². The largest absolute Gasteiger partial charge is 0.443 e. The van der Waals surface area contributed by atoms with Gasteiger partial charge in [-0.3, -0.25) is 9.97 Å². The van der Waals surface area contributed by atoms with Crippen LogP contribution in [0.4, 0.5) is 0 Å². The molecule has 2 rings (SSSR count). The van der Waals surface area contributed by atoms with Crippen LogP contribution in [0.15, 0.2) is 48.9 Å². The van der Waals surface area contributed by atoms with Gasteiger partial charge in [-0.2, -0.15) is 5.26 Å². The molecule has 0 saturated heterocycles. The normalized spacial score (nSPS) is 9.12. The van der Waals surface area contributed by atoms with E-state index in [9.17, 15) is 0 Å². The molecule has 0 bridgehead atoms. The topological polar surface area (TPSA) is 69.8 Å². The Balaban J connectivity index is 0.000000437. The van der Waals surface area contributed by atoms with E-state index in [1.165, 1.54) is 0 Å². The Bertz CT molecular complexity index is 448. The van der Waals surface area contributed by atoms with E-state index in [0.29, 0.717) is 0 Å². The predicted molar refractivity (Wildman–Crippen MR) is 65.0 cm³/mol. The van der Waals surface area contributed by atoms with Gasteiger partial charge in [0.05, 0.1) is 11.9 Å². The molecule has 0 unspecified atom stereocenters. The fourth-order valence-corrected chi connectivity index (χ4v) is 1.14. The molecule has 0 radical (unpaired) electrons. The lowest BCUT2D eigenvalue weighted by atomic mass is 10.2. The molecule has 0 aliphatic carbocycles. The molecule has 17 heavy (non-hydrogen) atoms. The van der Waals surface area contributed by atoms with E-state index in [-0.39, 0.29) is 0 Å². The Morgan fingerprint density at radius 1 is 1.12 bits per heavy atom. The molecule has 2 aromatic rings. The number of hydrogen-bond acceptors (Lipinski definition) is 4. The lowest BCUT2D eigenvalue weighted by Gasteiger charge is -1.91. The van der Waals surface area contributed by atoms with E-state index in [4.69, 9.17) is 10.4 Å². The van der Waals surface area contributed by atoms with Gasteiger partial charge < -0.3 is 5.11 Å². The Morgan fingerprint density at radius 3 is 2.41 bits per heavy atom. The standard InChI is InChI=1S/C12H10N2.CHNO/c1-2-4-11(5-3-1)6-7-12-10-13-8-9-14-12;2-1-3/h1-10H;3H. The molecule has 84 valence electrons. The van der Waals surface area contributed by atoms with Gasteiger partial charge in [-0.15, -0.1) is 0 Å². The van der Waals surface area contributed by atoms with Crippen LogP contribution in [0.5, 0.6) is 0 Å². The van der Waals surface area contributed by atoms with Gasteiger partial charge in [-0.1, -0.05) is 36.4 Å². The van der Waals surface area contributed by atoms with Crippen molar-refractivity contribution in [3.63, 3.8) is 0 Å². The van der Waals surface area contributed by atoms with Crippen LogP contribution in [0.3, 0.4) is 0 Å². The van der Waals surface area contributed by atoms with Crippen LogP contribution in [0.1, 0.15) is 11.3 Å². The first-order chi connectivity index (χ1) is 8.36. The van der Waals surface area contributed by atoms with Crippen LogP contribution in [0.25, 0.3) is 12.2 Å². The van der Waals surface area contributed by atoms with E-state index < -0.39 is 0 Å². The van der Waals surface area contributed by atoms with Crippen molar-refractivity contribution < 1.29 is 5.11 Å². The zero-order valence-electron chi connectivity index (χ0n) is 9.06. The number of hydrogen-bond donors (Lipinski definition) is 1. The lowest BCUT2D eigenvalue weighted by Crippen LogP contribution is -1.79. The van der Waals surface area contributed by atoms with Crippen molar-refractivity contribution in [2.45, 2.75) is 0 Å². The zero-order valence-corrected chi connectivity index (χ0v) is 9.06. The van der Waals surface area contributed by atoms with Crippen LogP contribution in [-0.2, 0) is 0 Å². The van der Waals surface area contributed by atoms with Crippen LogP contribution in [0.2, 0.25) is 0 Å². The van der Waals surface area contributed by atoms with E-state index >= 15 is 0 Å². The molecular formula is C13H11N3O. The summed E-state index contributed by atoms with van der Waals surface area (Å²) in [5, 5.41) is 13.8. The molecular weight excluding hydrogens is 214 g/mol. The average Bonchev–Trinajstić information content (AvgIpc) is 2.40. The van der Waals surface area contributed by atoms with Crippen LogP contribution in [-0.4, -0.2) is 15.1 Å². The summed E-state index contributed by atoms with van der Waals surface area (Å²) in [5.41, 5.74) is 2.04. The highest BCUT2D eigenvalue weighted by Crippen LogP contribution is 2.04. The Kier molecular flexibility index (Phi) is 5.54. The minimum absolute atomic E-state index is 0.750. The maximum absolute atomic E-state index is 6.88. The SMILES string of the molecule is C(=Cc1cnccn1)c1ccccc1.N#CO. The van der Waals surface area contributed by atoms with Gasteiger partial charge >= 0.3 is 0 Å². The number of aliphatic hydroxyl groups excluding tert-OH is 1. The van der Waals surface area contributed by atoms with Gasteiger partial charge in [0, 0.05) is 12.4 Å². The third-order valence-electron chi connectivity index (χ3n) is 1.83. The molecule has 0 spiro atoms. The first kappa shape index (κ1) is 12.4. The lowest BCUT2D eigenvalue weighted by molar-refractivity contribution is 0.503. The highest BCUT2D eigenvalue weighted by Gasteiger charge is 1.86. The Hall–Kier alpha value is -2.67. The highest BCUT2D eigenvalue weighted by molar-refractivity contribution is 5.67. The minimum atomic E-state index is 0.750.